The molecule has 1 unspecified atom stereocenters. The molecule has 1 nitrogen and oxygen atoms in total. The van der Waals surface area contributed by atoms with Crippen molar-refractivity contribution in [1.29, 1.82) is 0 Å². The molecule has 0 aromatic rings. The number of hydrogen-bond donors (Lipinski definition) is 1. The van der Waals surface area contributed by atoms with E-state index in [4.69, 9.17) is 5.73 Å². The summed E-state index contributed by atoms with van der Waals surface area (Å²) in [6.07, 6.45) is 4.55. The highest BCUT2D eigenvalue weighted by atomic mass is 14.6. The first-order valence-electron chi connectivity index (χ1n) is 4.37. The van der Waals surface area contributed by atoms with Crippen LogP contribution in [0.3, 0.4) is 0 Å². The van der Waals surface area contributed by atoms with Crippen LogP contribution >= 0.6 is 0 Å². The normalized spacial score (nSPS) is 15.7. The minimum atomic E-state index is 0.317. The second-order valence-corrected chi connectivity index (χ2v) is 3.85. The summed E-state index contributed by atoms with van der Waals surface area (Å²) < 4.78 is 0. The minimum absolute atomic E-state index is 0.317. The smallest absolute Gasteiger partial charge is 0.00203 e. The summed E-state index contributed by atoms with van der Waals surface area (Å²) in [5.41, 5.74) is 7.38. The summed E-state index contributed by atoms with van der Waals surface area (Å²) in [5, 5.41) is 0. The van der Waals surface area contributed by atoms with Crippen LogP contribution in [0.25, 0.3) is 0 Å². The van der Waals surface area contributed by atoms with E-state index in [0.29, 0.717) is 5.41 Å². The van der Waals surface area contributed by atoms with Crippen molar-refractivity contribution >= 4 is 0 Å². The van der Waals surface area contributed by atoms with Gasteiger partial charge in [-0.05, 0) is 38.6 Å². The standard InChI is InChI=1S/C10H21N/c1-5-10(4,8-11)7-6-9(2)3/h6H,5,7-8,11H2,1-4H3. The second kappa shape index (κ2) is 4.55. The van der Waals surface area contributed by atoms with Gasteiger partial charge in [-0.1, -0.05) is 25.5 Å². The van der Waals surface area contributed by atoms with Crippen LogP contribution < -0.4 is 5.73 Å². The summed E-state index contributed by atoms with van der Waals surface area (Å²) in [5.74, 6) is 0. The molecular formula is C10H21N. The molecular weight excluding hydrogens is 134 g/mol. The Bertz CT molecular complexity index is 128. The number of allylic oxidation sites excluding steroid dienone is 2. The van der Waals surface area contributed by atoms with Crippen LogP contribution in [0, 0.1) is 5.41 Å². The average molecular weight is 155 g/mol. The third-order valence-corrected chi connectivity index (χ3v) is 2.35. The van der Waals surface area contributed by atoms with Crippen LogP contribution in [0.15, 0.2) is 11.6 Å². The summed E-state index contributed by atoms with van der Waals surface area (Å²) in [6, 6.07) is 0. The summed E-state index contributed by atoms with van der Waals surface area (Å²) in [4.78, 5) is 0. The van der Waals surface area contributed by atoms with Gasteiger partial charge in [0.25, 0.3) is 0 Å². The molecule has 1 atom stereocenters. The molecule has 0 amide bonds. The van der Waals surface area contributed by atoms with Crippen molar-refractivity contribution in [3.8, 4) is 0 Å². The Balaban J connectivity index is 3.98. The van der Waals surface area contributed by atoms with Crippen molar-refractivity contribution in [2.24, 2.45) is 11.1 Å². The molecule has 11 heavy (non-hydrogen) atoms. The zero-order valence-electron chi connectivity index (χ0n) is 8.28. The molecule has 0 fully saturated rings. The highest BCUT2D eigenvalue weighted by Gasteiger charge is 2.17. The molecule has 0 aliphatic heterocycles. The average Bonchev–Trinajstić information content (AvgIpc) is 2.00. The number of nitrogens with two attached hydrogens (primary N) is 1. The first-order chi connectivity index (χ1) is 5.04. The fourth-order valence-electron chi connectivity index (χ4n) is 0.823. The van der Waals surface area contributed by atoms with Crippen molar-refractivity contribution in [3.05, 3.63) is 11.6 Å². The molecule has 0 radical (unpaired) electrons. The molecule has 66 valence electrons. The third kappa shape index (κ3) is 4.20. The van der Waals surface area contributed by atoms with E-state index in [-0.39, 0.29) is 0 Å². The van der Waals surface area contributed by atoms with E-state index in [0.717, 1.165) is 19.4 Å². The third-order valence-electron chi connectivity index (χ3n) is 2.35. The van der Waals surface area contributed by atoms with Gasteiger partial charge in [-0.3, -0.25) is 0 Å². The van der Waals surface area contributed by atoms with Gasteiger partial charge < -0.3 is 5.73 Å². The van der Waals surface area contributed by atoms with Crippen LogP contribution in [-0.2, 0) is 0 Å². The lowest BCUT2D eigenvalue weighted by Crippen LogP contribution is -2.25. The van der Waals surface area contributed by atoms with Crippen LogP contribution in [0.2, 0.25) is 0 Å². The Morgan fingerprint density at radius 3 is 2.27 bits per heavy atom. The lowest BCUT2D eigenvalue weighted by atomic mass is 9.84. The van der Waals surface area contributed by atoms with Gasteiger partial charge in [0.2, 0.25) is 0 Å². The van der Waals surface area contributed by atoms with Gasteiger partial charge in [0.15, 0.2) is 0 Å². The zero-order chi connectivity index (χ0) is 8.91. The van der Waals surface area contributed by atoms with Crippen molar-refractivity contribution < 1.29 is 0 Å². The van der Waals surface area contributed by atoms with Crippen LogP contribution in [0.4, 0.5) is 0 Å². The minimum Gasteiger partial charge on any atom is -0.330 e. The first kappa shape index (κ1) is 10.7. The summed E-state index contributed by atoms with van der Waals surface area (Å²) in [7, 11) is 0. The number of hydrogen-bond acceptors (Lipinski definition) is 1. The monoisotopic (exact) mass is 155 g/mol. The van der Waals surface area contributed by atoms with E-state index in [2.05, 4.69) is 33.8 Å². The van der Waals surface area contributed by atoms with Gasteiger partial charge >= 0.3 is 0 Å². The van der Waals surface area contributed by atoms with Gasteiger partial charge in [0.1, 0.15) is 0 Å². The highest BCUT2D eigenvalue weighted by Crippen LogP contribution is 2.24. The highest BCUT2D eigenvalue weighted by molar-refractivity contribution is 4.96. The maximum atomic E-state index is 5.67. The lowest BCUT2D eigenvalue weighted by Gasteiger charge is -2.24. The van der Waals surface area contributed by atoms with E-state index in [9.17, 15) is 0 Å². The van der Waals surface area contributed by atoms with Crippen molar-refractivity contribution in [2.45, 2.75) is 40.5 Å². The molecule has 1 heteroatoms. The van der Waals surface area contributed by atoms with Crippen molar-refractivity contribution in [3.63, 3.8) is 0 Å². The number of rotatable bonds is 4. The van der Waals surface area contributed by atoms with Crippen molar-refractivity contribution in [2.75, 3.05) is 6.54 Å². The van der Waals surface area contributed by atoms with Crippen molar-refractivity contribution in [1.82, 2.24) is 0 Å². The predicted octanol–water partition coefficient (Wildman–Crippen LogP) is 2.72. The fraction of sp³-hybridized carbons (Fsp3) is 0.800. The van der Waals surface area contributed by atoms with Gasteiger partial charge in [0.05, 0.1) is 0 Å². The molecule has 0 aromatic carbocycles. The van der Waals surface area contributed by atoms with Crippen LogP contribution in [0.1, 0.15) is 40.5 Å². The van der Waals surface area contributed by atoms with Gasteiger partial charge in [-0.2, -0.15) is 0 Å². The fourth-order valence-corrected chi connectivity index (χ4v) is 0.823. The molecule has 0 spiro atoms. The van der Waals surface area contributed by atoms with Gasteiger partial charge in [-0.15, -0.1) is 0 Å². The maximum absolute atomic E-state index is 5.67. The Kier molecular flexibility index (Phi) is 4.43. The topological polar surface area (TPSA) is 26.0 Å². The molecule has 2 N–H and O–H groups in total. The largest absolute Gasteiger partial charge is 0.330 e. The first-order valence-corrected chi connectivity index (χ1v) is 4.37. The van der Waals surface area contributed by atoms with Gasteiger partial charge in [-0.25, -0.2) is 0 Å². The van der Waals surface area contributed by atoms with Gasteiger partial charge in [0, 0.05) is 0 Å². The van der Waals surface area contributed by atoms with E-state index >= 15 is 0 Å². The SMILES string of the molecule is CCC(C)(CN)CC=C(C)C. The van der Waals surface area contributed by atoms with Crippen LogP contribution in [0.5, 0.6) is 0 Å². The molecule has 0 rings (SSSR count). The molecule has 0 bridgehead atoms. The Labute approximate surface area is 70.7 Å². The second-order valence-electron chi connectivity index (χ2n) is 3.85. The summed E-state index contributed by atoms with van der Waals surface area (Å²) in [6.45, 7) is 9.49. The zero-order valence-corrected chi connectivity index (χ0v) is 8.28. The Hall–Kier alpha value is -0.300. The Morgan fingerprint density at radius 2 is 2.00 bits per heavy atom. The Morgan fingerprint density at radius 1 is 1.45 bits per heavy atom. The predicted molar refractivity (Wildman–Crippen MR) is 51.5 cm³/mol. The van der Waals surface area contributed by atoms with E-state index in [1.165, 1.54) is 5.57 Å². The molecule has 0 aliphatic carbocycles. The quantitative estimate of drug-likeness (QED) is 0.621. The van der Waals surface area contributed by atoms with E-state index < -0.39 is 0 Å². The lowest BCUT2D eigenvalue weighted by molar-refractivity contribution is 0.327. The molecule has 0 heterocycles. The summed E-state index contributed by atoms with van der Waals surface area (Å²) >= 11 is 0. The van der Waals surface area contributed by atoms with E-state index in [1.807, 2.05) is 0 Å². The molecule has 0 saturated heterocycles. The van der Waals surface area contributed by atoms with Crippen LogP contribution in [-0.4, -0.2) is 6.54 Å². The maximum Gasteiger partial charge on any atom is -0.00203 e. The molecule has 0 aromatic heterocycles. The molecule has 0 aliphatic rings. The van der Waals surface area contributed by atoms with E-state index in [1.54, 1.807) is 0 Å². The molecule has 0 saturated carbocycles.